The Hall–Kier alpha value is -2.27. The van der Waals surface area contributed by atoms with Crippen molar-refractivity contribution in [3.8, 4) is 0 Å². The summed E-state index contributed by atoms with van der Waals surface area (Å²) >= 11 is 0. The lowest BCUT2D eigenvalue weighted by Gasteiger charge is -2.37. The maximum Gasteiger partial charge on any atom is 0.358 e. The Labute approximate surface area is 119 Å². The molecule has 10 nitrogen and oxygen atoms in total. The van der Waals surface area contributed by atoms with Gasteiger partial charge in [0.15, 0.2) is 10.7 Å². The lowest BCUT2D eigenvalue weighted by atomic mass is 10.2. The molecule has 21 heavy (non-hydrogen) atoms. The highest BCUT2D eigenvalue weighted by molar-refractivity contribution is 7.89. The standard InChI is InChI=1S/C10H12N6O4S/c1-6-11-2-9(12-6)21(19,20)15-3-7(4-15)16-5-8(10(17)18)13-14-16/h2,5,7H,3-4H2,1H3,(H,11,12)(H,17,18). The highest BCUT2D eigenvalue weighted by Crippen LogP contribution is 2.26. The van der Waals surface area contributed by atoms with Crippen LogP contribution < -0.4 is 0 Å². The first-order valence-electron chi connectivity index (χ1n) is 6.05. The number of aromatic carboxylic acids is 1. The molecule has 3 heterocycles. The zero-order valence-corrected chi connectivity index (χ0v) is 11.8. The van der Waals surface area contributed by atoms with Crippen LogP contribution in [0.1, 0.15) is 22.4 Å². The fourth-order valence-corrected chi connectivity index (χ4v) is 3.48. The summed E-state index contributed by atoms with van der Waals surface area (Å²) in [5, 5.41) is 16.0. The first-order valence-corrected chi connectivity index (χ1v) is 7.49. The van der Waals surface area contributed by atoms with Gasteiger partial charge in [-0.05, 0) is 6.92 Å². The van der Waals surface area contributed by atoms with Crippen LogP contribution in [0.25, 0.3) is 0 Å². The van der Waals surface area contributed by atoms with Gasteiger partial charge in [-0.3, -0.25) is 0 Å². The maximum absolute atomic E-state index is 12.2. The SMILES string of the molecule is Cc1ncc(S(=O)(=O)N2CC(n3cc(C(=O)O)nn3)C2)[nH]1. The number of imidazole rings is 1. The molecule has 2 N–H and O–H groups in total. The molecule has 1 fully saturated rings. The van der Waals surface area contributed by atoms with Crippen LogP contribution in [0, 0.1) is 6.92 Å². The normalized spacial score (nSPS) is 16.8. The molecular weight excluding hydrogens is 300 g/mol. The van der Waals surface area contributed by atoms with E-state index < -0.39 is 16.0 Å². The highest BCUT2D eigenvalue weighted by atomic mass is 32.2. The number of aromatic amines is 1. The zero-order chi connectivity index (χ0) is 15.2. The van der Waals surface area contributed by atoms with Crippen molar-refractivity contribution in [1.29, 1.82) is 0 Å². The third-order valence-electron chi connectivity index (χ3n) is 3.23. The minimum atomic E-state index is -3.59. The molecule has 3 rings (SSSR count). The minimum absolute atomic E-state index is 0.0447. The van der Waals surface area contributed by atoms with Crippen molar-refractivity contribution in [2.45, 2.75) is 18.0 Å². The van der Waals surface area contributed by atoms with Gasteiger partial charge in [-0.25, -0.2) is 22.9 Å². The van der Waals surface area contributed by atoms with E-state index in [4.69, 9.17) is 5.11 Å². The second-order valence-corrected chi connectivity index (χ2v) is 6.60. The second-order valence-electron chi connectivity index (χ2n) is 4.70. The van der Waals surface area contributed by atoms with Crippen molar-refractivity contribution in [3.05, 3.63) is 23.9 Å². The molecule has 0 aliphatic carbocycles. The Bertz CT molecular complexity index is 788. The molecule has 0 unspecified atom stereocenters. The third-order valence-corrected chi connectivity index (χ3v) is 4.97. The first kappa shape index (κ1) is 13.7. The van der Waals surface area contributed by atoms with Gasteiger partial charge in [0.1, 0.15) is 5.82 Å². The highest BCUT2D eigenvalue weighted by Gasteiger charge is 2.39. The van der Waals surface area contributed by atoms with E-state index in [0.717, 1.165) is 0 Å². The molecular formula is C10H12N6O4S. The Morgan fingerprint density at radius 2 is 2.19 bits per heavy atom. The molecule has 0 radical (unpaired) electrons. The minimum Gasteiger partial charge on any atom is -0.476 e. The van der Waals surface area contributed by atoms with Crippen LogP contribution in [0.4, 0.5) is 0 Å². The van der Waals surface area contributed by atoms with Gasteiger partial charge >= 0.3 is 5.97 Å². The average Bonchev–Trinajstić information content (AvgIpc) is 2.96. The number of nitrogens with zero attached hydrogens (tertiary/aromatic N) is 5. The summed E-state index contributed by atoms with van der Waals surface area (Å²) in [6.07, 6.45) is 2.56. The fourth-order valence-electron chi connectivity index (χ4n) is 2.00. The van der Waals surface area contributed by atoms with Gasteiger partial charge in [0.05, 0.1) is 18.4 Å². The van der Waals surface area contributed by atoms with Gasteiger partial charge in [-0.1, -0.05) is 5.21 Å². The Morgan fingerprint density at radius 1 is 1.48 bits per heavy atom. The van der Waals surface area contributed by atoms with Crippen molar-refractivity contribution < 1.29 is 18.3 Å². The summed E-state index contributed by atoms with van der Waals surface area (Å²) < 4.78 is 27.1. The molecule has 2 aromatic rings. The number of hydrogen-bond donors (Lipinski definition) is 2. The number of hydrogen-bond acceptors (Lipinski definition) is 6. The van der Waals surface area contributed by atoms with E-state index in [-0.39, 0.29) is 29.9 Å². The van der Waals surface area contributed by atoms with Gasteiger partial charge in [0, 0.05) is 13.1 Å². The van der Waals surface area contributed by atoms with Crippen LogP contribution in [0.2, 0.25) is 0 Å². The Balaban J connectivity index is 1.71. The molecule has 0 atom stereocenters. The molecule has 1 aliphatic heterocycles. The van der Waals surface area contributed by atoms with Crippen LogP contribution in [0.5, 0.6) is 0 Å². The van der Waals surface area contributed by atoms with E-state index in [9.17, 15) is 13.2 Å². The smallest absolute Gasteiger partial charge is 0.358 e. The summed E-state index contributed by atoms with van der Waals surface area (Å²) in [7, 11) is -3.59. The van der Waals surface area contributed by atoms with E-state index >= 15 is 0 Å². The van der Waals surface area contributed by atoms with E-state index in [0.29, 0.717) is 5.82 Å². The molecule has 1 aliphatic rings. The molecule has 0 bridgehead atoms. The fraction of sp³-hybridized carbons (Fsp3) is 0.400. The largest absolute Gasteiger partial charge is 0.476 e. The van der Waals surface area contributed by atoms with Gasteiger partial charge in [-0.15, -0.1) is 5.10 Å². The molecule has 1 saturated heterocycles. The van der Waals surface area contributed by atoms with Gasteiger partial charge in [-0.2, -0.15) is 4.31 Å². The zero-order valence-electron chi connectivity index (χ0n) is 11.0. The van der Waals surface area contributed by atoms with Gasteiger partial charge < -0.3 is 10.1 Å². The molecule has 0 saturated carbocycles. The monoisotopic (exact) mass is 312 g/mol. The number of carboxylic acid groups (broad SMARTS) is 1. The van der Waals surface area contributed by atoms with Gasteiger partial charge in [0.25, 0.3) is 10.0 Å². The summed E-state index contributed by atoms with van der Waals surface area (Å²) in [5.74, 6) is -0.647. The van der Waals surface area contributed by atoms with Crippen molar-refractivity contribution in [2.24, 2.45) is 0 Å². The predicted molar refractivity (Wildman–Crippen MR) is 68.1 cm³/mol. The molecule has 112 valence electrons. The van der Waals surface area contributed by atoms with E-state index in [2.05, 4.69) is 20.3 Å². The average molecular weight is 312 g/mol. The van der Waals surface area contributed by atoms with E-state index in [1.165, 1.54) is 21.4 Å². The number of sulfonamides is 1. The van der Waals surface area contributed by atoms with E-state index in [1.54, 1.807) is 6.92 Å². The van der Waals surface area contributed by atoms with Crippen molar-refractivity contribution in [3.63, 3.8) is 0 Å². The van der Waals surface area contributed by atoms with Crippen LogP contribution in [-0.4, -0.2) is 61.9 Å². The predicted octanol–water partition coefficient (Wildman–Crippen LogP) is -0.747. The van der Waals surface area contributed by atoms with Crippen LogP contribution in [0.3, 0.4) is 0 Å². The molecule has 0 amide bonds. The lowest BCUT2D eigenvalue weighted by molar-refractivity contribution is 0.0690. The van der Waals surface area contributed by atoms with Gasteiger partial charge in [0.2, 0.25) is 0 Å². The first-order chi connectivity index (χ1) is 9.88. The quantitative estimate of drug-likeness (QED) is 0.758. The summed E-state index contributed by atoms with van der Waals surface area (Å²) in [4.78, 5) is 17.3. The van der Waals surface area contributed by atoms with Crippen LogP contribution >= 0.6 is 0 Å². The number of H-pyrrole nitrogens is 1. The summed E-state index contributed by atoms with van der Waals surface area (Å²) in [6, 6.07) is -0.218. The summed E-state index contributed by atoms with van der Waals surface area (Å²) in [6.45, 7) is 2.09. The number of aromatic nitrogens is 5. The number of nitrogens with one attached hydrogen (secondary N) is 1. The Morgan fingerprint density at radius 3 is 2.71 bits per heavy atom. The topological polar surface area (TPSA) is 134 Å². The molecule has 0 aromatic carbocycles. The van der Waals surface area contributed by atoms with Crippen molar-refractivity contribution in [1.82, 2.24) is 29.3 Å². The van der Waals surface area contributed by atoms with Crippen molar-refractivity contribution in [2.75, 3.05) is 13.1 Å². The van der Waals surface area contributed by atoms with Crippen LogP contribution in [-0.2, 0) is 10.0 Å². The number of rotatable bonds is 4. The summed E-state index contributed by atoms with van der Waals surface area (Å²) in [5.41, 5.74) is -0.166. The number of carboxylic acids is 1. The molecule has 11 heteroatoms. The number of carbonyl (C=O) groups is 1. The van der Waals surface area contributed by atoms with E-state index in [1.807, 2.05) is 0 Å². The van der Waals surface area contributed by atoms with Crippen LogP contribution in [0.15, 0.2) is 17.4 Å². The third kappa shape index (κ3) is 2.29. The lowest BCUT2D eigenvalue weighted by Crippen LogP contribution is -2.50. The number of aryl methyl sites for hydroxylation is 1. The maximum atomic E-state index is 12.2. The van der Waals surface area contributed by atoms with Crippen molar-refractivity contribution >= 4 is 16.0 Å². The Kier molecular flexibility index (Phi) is 3.02. The molecule has 0 spiro atoms. The second kappa shape index (κ2) is 4.63. The molecule has 2 aromatic heterocycles.